The molecule has 0 spiro atoms. The molecule has 0 aromatic heterocycles. The minimum absolute atomic E-state index is 0.838. The van der Waals surface area contributed by atoms with Gasteiger partial charge in [-0.1, -0.05) is 13.3 Å². The second-order valence-electron chi connectivity index (χ2n) is 4.66. The zero-order valence-corrected chi connectivity index (χ0v) is 8.13. The summed E-state index contributed by atoms with van der Waals surface area (Å²) < 4.78 is 0. The Hall–Kier alpha value is -0.0400. The summed E-state index contributed by atoms with van der Waals surface area (Å²) >= 11 is 0. The molecule has 1 atom stereocenters. The van der Waals surface area contributed by atoms with E-state index in [1.807, 2.05) is 0 Å². The topological polar surface area (TPSA) is 26.0 Å². The van der Waals surface area contributed by atoms with E-state index in [2.05, 4.69) is 6.92 Å². The van der Waals surface area contributed by atoms with Crippen LogP contribution in [-0.2, 0) is 0 Å². The summed E-state index contributed by atoms with van der Waals surface area (Å²) in [6, 6.07) is 0. The lowest BCUT2D eigenvalue weighted by molar-refractivity contribution is 0.258. The molecule has 2 rings (SSSR count). The Bertz CT molecular complexity index is 131. The lowest BCUT2D eigenvalue weighted by Crippen LogP contribution is -2.25. The van der Waals surface area contributed by atoms with E-state index >= 15 is 0 Å². The molecule has 2 saturated carbocycles. The fourth-order valence-electron chi connectivity index (χ4n) is 2.71. The third-order valence-electron chi connectivity index (χ3n) is 3.70. The monoisotopic (exact) mass is 167 g/mol. The molecule has 2 N–H and O–H groups in total. The zero-order chi connectivity index (χ0) is 8.55. The molecule has 0 saturated heterocycles. The summed E-state index contributed by atoms with van der Waals surface area (Å²) in [5.74, 6) is 4.00. The molecule has 0 aliphatic heterocycles. The van der Waals surface area contributed by atoms with E-state index < -0.39 is 0 Å². The van der Waals surface area contributed by atoms with Crippen LogP contribution in [0.5, 0.6) is 0 Å². The van der Waals surface area contributed by atoms with Crippen molar-refractivity contribution in [3.8, 4) is 0 Å². The van der Waals surface area contributed by atoms with E-state index in [0.29, 0.717) is 0 Å². The molecule has 2 fully saturated rings. The van der Waals surface area contributed by atoms with Gasteiger partial charge in [0.1, 0.15) is 0 Å². The van der Waals surface area contributed by atoms with Crippen LogP contribution in [0.2, 0.25) is 0 Å². The first-order valence-electron chi connectivity index (χ1n) is 5.56. The van der Waals surface area contributed by atoms with Gasteiger partial charge in [-0.3, -0.25) is 0 Å². The maximum atomic E-state index is 5.82. The summed E-state index contributed by atoms with van der Waals surface area (Å²) in [6.45, 7) is 3.23. The van der Waals surface area contributed by atoms with E-state index in [-0.39, 0.29) is 0 Å². The Morgan fingerprint density at radius 3 is 1.92 bits per heavy atom. The molecule has 0 radical (unpaired) electrons. The van der Waals surface area contributed by atoms with Crippen LogP contribution in [-0.4, -0.2) is 6.54 Å². The second kappa shape index (κ2) is 3.37. The molecule has 0 heterocycles. The third kappa shape index (κ3) is 1.66. The van der Waals surface area contributed by atoms with E-state index in [1.165, 1.54) is 32.1 Å². The van der Waals surface area contributed by atoms with Crippen LogP contribution in [0.4, 0.5) is 0 Å². The highest BCUT2D eigenvalue weighted by Gasteiger charge is 2.44. The predicted molar refractivity (Wildman–Crippen MR) is 51.8 cm³/mol. The fourth-order valence-corrected chi connectivity index (χ4v) is 2.71. The van der Waals surface area contributed by atoms with Crippen molar-refractivity contribution >= 4 is 0 Å². The Kier molecular flexibility index (Phi) is 2.40. The fraction of sp³-hybridized carbons (Fsp3) is 1.00. The molecule has 2 aliphatic carbocycles. The average molecular weight is 167 g/mol. The summed E-state index contributed by atoms with van der Waals surface area (Å²) in [4.78, 5) is 0. The lowest BCUT2D eigenvalue weighted by atomic mass is 9.82. The van der Waals surface area contributed by atoms with E-state index in [9.17, 15) is 0 Å². The van der Waals surface area contributed by atoms with Crippen molar-refractivity contribution in [2.45, 2.75) is 39.0 Å². The predicted octanol–water partition coefficient (Wildman–Crippen LogP) is 2.41. The van der Waals surface area contributed by atoms with Crippen molar-refractivity contribution in [2.24, 2.45) is 29.4 Å². The van der Waals surface area contributed by atoms with Gasteiger partial charge in [0.25, 0.3) is 0 Å². The number of nitrogens with two attached hydrogens (primary N) is 1. The van der Waals surface area contributed by atoms with Crippen LogP contribution in [0.15, 0.2) is 0 Å². The van der Waals surface area contributed by atoms with Gasteiger partial charge >= 0.3 is 0 Å². The number of hydrogen-bond acceptors (Lipinski definition) is 1. The molecule has 0 aromatic carbocycles. The second-order valence-corrected chi connectivity index (χ2v) is 4.66. The van der Waals surface area contributed by atoms with Crippen LogP contribution in [0, 0.1) is 23.7 Å². The molecular weight excluding hydrogens is 146 g/mol. The zero-order valence-electron chi connectivity index (χ0n) is 8.13. The number of hydrogen-bond donors (Lipinski definition) is 1. The van der Waals surface area contributed by atoms with Gasteiger partial charge in [0.2, 0.25) is 0 Å². The first-order valence-corrected chi connectivity index (χ1v) is 5.56. The molecule has 12 heavy (non-hydrogen) atoms. The first kappa shape index (κ1) is 8.55. The van der Waals surface area contributed by atoms with Crippen molar-refractivity contribution in [1.82, 2.24) is 0 Å². The van der Waals surface area contributed by atoms with Gasteiger partial charge in [-0.15, -0.1) is 0 Å². The smallest absolute Gasteiger partial charge is 0.00461 e. The highest BCUT2D eigenvalue weighted by molar-refractivity contribution is 4.94. The first-order chi connectivity index (χ1) is 5.86. The molecule has 0 amide bonds. The van der Waals surface area contributed by atoms with Crippen LogP contribution in [0.1, 0.15) is 39.0 Å². The van der Waals surface area contributed by atoms with Gasteiger partial charge in [0, 0.05) is 0 Å². The normalized spacial score (nSPS) is 26.2. The molecular formula is C11H21N. The standard InChI is InChI=1S/C11H21N/c1-2-8(7-12)11(9-3-4-9)10-5-6-10/h8-11H,2-7,12H2,1H3. The van der Waals surface area contributed by atoms with Crippen molar-refractivity contribution in [2.75, 3.05) is 6.54 Å². The minimum atomic E-state index is 0.838. The van der Waals surface area contributed by atoms with Crippen LogP contribution < -0.4 is 5.73 Å². The van der Waals surface area contributed by atoms with Crippen molar-refractivity contribution < 1.29 is 0 Å². The van der Waals surface area contributed by atoms with E-state index in [0.717, 1.165) is 30.2 Å². The third-order valence-corrected chi connectivity index (χ3v) is 3.70. The van der Waals surface area contributed by atoms with Gasteiger partial charge in [-0.2, -0.15) is 0 Å². The number of rotatable bonds is 5. The Balaban J connectivity index is 1.93. The summed E-state index contributed by atoms with van der Waals surface area (Å²) in [7, 11) is 0. The van der Waals surface area contributed by atoms with E-state index in [4.69, 9.17) is 5.73 Å². The van der Waals surface area contributed by atoms with Gasteiger partial charge in [-0.05, 0) is 55.9 Å². The molecule has 2 aliphatic rings. The van der Waals surface area contributed by atoms with Gasteiger partial charge in [-0.25, -0.2) is 0 Å². The van der Waals surface area contributed by atoms with Crippen molar-refractivity contribution in [1.29, 1.82) is 0 Å². The molecule has 0 bridgehead atoms. The summed E-state index contributed by atoms with van der Waals surface area (Å²) in [5, 5.41) is 0. The molecule has 0 aromatic rings. The lowest BCUT2D eigenvalue weighted by Gasteiger charge is -2.24. The van der Waals surface area contributed by atoms with Crippen molar-refractivity contribution in [3.05, 3.63) is 0 Å². The molecule has 1 heteroatoms. The maximum absolute atomic E-state index is 5.82. The highest BCUT2D eigenvalue weighted by atomic mass is 14.6. The highest BCUT2D eigenvalue weighted by Crippen LogP contribution is 2.52. The Morgan fingerprint density at radius 1 is 1.17 bits per heavy atom. The van der Waals surface area contributed by atoms with E-state index in [1.54, 1.807) is 0 Å². The Morgan fingerprint density at radius 2 is 1.67 bits per heavy atom. The quantitative estimate of drug-likeness (QED) is 0.668. The van der Waals surface area contributed by atoms with Gasteiger partial charge < -0.3 is 5.73 Å². The van der Waals surface area contributed by atoms with Crippen LogP contribution in [0.3, 0.4) is 0 Å². The molecule has 70 valence electrons. The summed E-state index contributed by atoms with van der Waals surface area (Å²) in [6.07, 6.45) is 7.29. The van der Waals surface area contributed by atoms with Gasteiger partial charge in [0.05, 0.1) is 0 Å². The molecule has 1 unspecified atom stereocenters. The minimum Gasteiger partial charge on any atom is -0.330 e. The SMILES string of the molecule is CCC(CN)C(C1CC1)C1CC1. The summed E-state index contributed by atoms with van der Waals surface area (Å²) in [5.41, 5.74) is 5.82. The van der Waals surface area contributed by atoms with Crippen molar-refractivity contribution in [3.63, 3.8) is 0 Å². The average Bonchev–Trinajstić information content (AvgIpc) is 2.92. The Labute approximate surface area is 75.7 Å². The van der Waals surface area contributed by atoms with Crippen LogP contribution in [0.25, 0.3) is 0 Å². The van der Waals surface area contributed by atoms with Crippen LogP contribution >= 0.6 is 0 Å². The molecule has 1 nitrogen and oxygen atoms in total. The van der Waals surface area contributed by atoms with Gasteiger partial charge in [0.15, 0.2) is 0 Å². The maximum Gasteiger partial charge on any atom is -0.00461 e. The largest absolute Gasteiger partial charge is 0.330 e.